The molecule has 0 aromatic heterocycles. The van der Waals surface area contributed by atoms with Gasteiger partial charge in [-0.3, -0.25) is 29.6 Å². The van der Waals surface area contributed by atoms with Crippen molar-refractivity contribution >= 4 is 23.6 Å². The van der Waals surface area contributed by atoms with Crippen molar-refractivity contribution in [2.24, 2.45) is 11.5 Å². The number of hydrogen-bond acceptors (Lipinski definition) is 8. The van der Waals surface area contributed by atoms with E-state index in [1.54, 1.807) is 0 Å². The van der Waals surface area contributed by atoms with Gasteiger partial charge >= 0.3 is 0 Å². The smallest absolute Gasteiger partial charge is 0.243 e. The van der Waals surface area contributed by atoms with Gasteiger partial charge in [-0.05, 0) is 0 Å². The highest BCUT2D eigenvalue weighted by atomic mass is 16.5. The average molecular weight is 326 g/mol. The number of hydroxylamine groups is 2. The van der Waals surface area contributed by atoms with Crippen molar-refractivity contribution < 1.29 is 39.8 Å². The Morgan fingerprint density at radius 1 is 0.682 bits per heavy atom. The van der Waals surface area contributed by atoms with Gasteiger partial charge in [0, 0.05) is 25.7 Å². The van der Waals surface area contributed by atoms with Gasteiger partial charge in [0.25, 0.3) is 0 Å². The third-order valence-electron chi connectivity index (χ3n) is 1.55. The Morgan fingerprint density at radius 3 is 1.09 bits per heavy atom. The quantitative estimate of drug-likeness (QED) is 0.172. The van der Waals surface area contributed by atoms with Crippen LogP contribution in [0.15, 0.2) is 0 Å². The number of nitrogens with one attached hydrogen (secondary N) is 2. The van der Waals surface area contributed by atoms with E-state index in [4.69, 9.17) is 32.1 Å². The maximum Gasteiger partial charge on any atom is 0.243 e. The van der Waals surface area contributed by atoms with E-state index >= 15 is 0 Å². The van der Waals surface area contributed by atoms with Crippen LogP contribution in [0.4, 0.5) is 0 Å². The molecule has 4 amide bonds. The van der Waals surface area contributed by atoms with Crippen molar-refractivity contribution in [2.75, 3.05) is 13.2 Å². The summed E-state index contributed by atoms with van der Waals surface area (Å²) in [5, 5.41) is 31.0. The van der Waals surface area contributed by atoms with Gasteiger partial charge in [-0.2, -0.15) is 0 Å². The molecule has 0 aromatic carbocycles. The Balaban J connectivity index is -0.000000266. The fourth-order valence-electron chi connectivity index (χ4n) is 0.585. The third kappa shape index (κ3) is 30.6. The third-order valence-corrected chi connectivity index (χ3v) is 1.55. The number of carbonyl (C=O) groups is 4. The largest absolute Gasteiger partial charge is 0.394 e. The van der Waals surface area contributed by atoms with Crippen LogP contribution in [0.5, 0.6) is 0 Å². The Morgan fingerprint density at radius 2 is 0.955 bits per heavy atom. The van der Waals surface area contributed by atoms with Gasteiger partial charge in [0.2, 0.25) is 23.6 Å². The Bertz CT molecular complexity index is 305. The molecule has 10 N–H and O–H groups in total. The molecule has 0 aliphatic rings. The molecule has 0 heterocycles. The number of primary amides is 2. The van der Waals surface area contributed by atoms with Crippen LogP contribution in [0.2, 0.25) is 0 Å². The lowest BCUT2D eigenvalue weighted by Crippen LogP contribution is -2.21. The van der Waals surface area contributed by atoms with E-state index in [0.29, 0.717) is 0 Å². The molecule has 0 fully saturated rings. The summed E-state index contributed by atoms with van der Waals surface area (Å²) in [6, 6.07) is 0. The molecule has 0 spiro atoms. The molecule has 0 aliphatic heterocycles. The van der Waals surface area contributed by atoms with Gasteiger partial charge < -0.3 is 21.7 Å². The number of carbonyl (C=O) groups excluding carboxylic acids is 4. The molecule has 130 valence electrons. The molecular formula is C10H22N4O8. The Hall–Kier alpha value is -2.28. The summed E-state index contributed by atoms with van der Waals surface area (Å²) in [5.41, 5.74) is 12.1. The first-order chi connectivity index (χ1) is 10.2. The van der Waals surface area contributed by atoms with E-state index in [2.05, 4.69) is 0 Å². The van der Waals surface area contributed by atoms with Crippen LogP contribution in [0, 0.1) is 0 Å². The molecule has 12 nitrogen and oxygen atoms in total. The van der Waals surface area contributed by atoms with Crippen molar-refractivity contribution in [2.45, 2.75) is 25.7 Å². The number of aliphatic hydroxyl groups is 2. The second-order valence-corrected chi connectivity index (χ2v) is 3.45. The average Bonchev–Trinajstić information content (AvgIpc) is 2.50. The van der Waals surface area contributed by atoms with E-state index in [0.717, 1.165) is 0 Å². The summed E-state index contributed by atoms with van der Waals surface area (Å²) < 4.78 is 0. The highest BCUT2D eigenvalue weighted by molar-refractivity contribution is 5.82. The van der Waals surface area contributed by atoms with Crippen LogP contribution in [0.25, 0.3) is 0 Å². The number of rotatable bonds is 7. The topological polar surface area (TPSA) is 225 Å². The van der Waals surface area contributed by atoms with Crippen molar-refractivity contribution in [1.29, 1.82) is 0 Å². The first-order valence-corrected chi connectivity index (χ1v) is 5.89. The summed E-state index contributed by atoms with van der Waals surface area (Å²) in [7, 11) is 0. The monoisotopic (exact) mass is 326 g/mol. The summed E-state index contributed by atoms with van der Waals surface area (Å²) in [6.45, 7) is -0.250. The van der Waals surface area contributed by atoms with Gasteiger partial charge in [0.1, 0.15) is 0 Å². The van der Waals surface area contributed by atoms with E-state index in [1.165, 1.54) is 11.0 Å². The van der Waals surface area contributed by atoms with Crippen molar-refractivity contribution in [3.05, 3.63) is 0 Å². The molecule has 0 aromatic rings. The van der Waals surface area contributed by atoms with Crippen molar-refractivity contribution in [3.8, 4) is 0 Å². The SMILES string of the molecule is NC(=O)CCC(=O)NO.NC(=O)CCC(=O)NO.OCCO. The van der Waals surface area contributed by atoms with Crippen LogP contribution in [-0.4, -0.2) is 57.5 Å². The number of hydrogen-bond donors (Lipinski definition) is 8. The molecule has 12 heteroatoms. The van der Waals surface area contributed by atoms with Crippen LogP contribution in [0.1, 0.15) is 25.7 Å². The summed E-state index contributed by atoms with van der Waals surface area (Å²) in [6.07, 6.45) is -0.198. The molecule has 0 atom stereocenters. The standard InChI is InChI=1S/2C4H8N2O3.C2H6O2/c2*5-3(7)1-2-4(8)6-9;3-1-2-4/h2*9H,1-2H2,(H2,5,7)(H,6,8);3-4H,1-2H2. The Labute approximate surface area is 126 Å². The minimum Gasteiger partial charge on any atom is -0.394 e. The Kier molecular flexibility index (Phi) is 21.0. The predicted molar refractivity (Wildman–Crippen MR) is 70.9 cm³/mol. The van der Waals surface area contributed by atoms with Gasteiger partial charge in [-0.25, -0.2) is 11.0 Å². The number of nitrogens with two attached hydrogens (primary N) is 2. The molecular weight excluding hydrogens is 304 g/mol. The molecule has 0 rings (SSSR count). The second kappa shape index (κ2) is 18.7. The molecule has 22 heavy (non-hydrogen) atoms. The summed E-state index contributed by atoms with van der Waals surface area (Å²) >= 11 is 0. The van der Waals surface area contributed by atoms with Crippen LogP contribution in [0.3, 0.4) is 0 Å². The van der Waals surface area contributed by atoms with Crippen molar-refractivity contribution in [3.63, 3.8) is 0 Å². The van der Waals surface area contributed by atoms with E-state index in [9.17, 15) is 19.2 Å². The maximum atomic E-state index is 10.1. The minimum absolute atomic E-state index is 0.0353. The van der Waals surface area contributed by atoms with E-state index in [-0.39, 0.29) is 38.9 Å². The fraction of sp³-hybridized carbons (Fsp3) is 0.600. The van der Waals surface area contributed by atoms with Crippen LogP contribution < -0.4 is 22.4 Å². The zero-order valence-electron chi connectivity index (χ0n) is 11.8. The van der Waals surface area contributed by atoms with Crippen LogP contribution in [-0.2, 0) is 19.2 Å². The molecule has 0 unspecified atom stereocenters. The summed E-state index contributed by atoms with van der Waals surface area (Å²) in [5.74, 6) is -2.32. The lowest BCUT2D eigenvalue weighted by atomic mass is 10.3. The number of amides is 4. The molecule has 0 bridgehead atoms. The molecule has 0 aliphatic carbocycles. The lowest BCUT2D eigenvalue weighted by molar-refractivity contribution is -0.131. The summed E-state index contributed by atoms with van der Waals surface area (Å²) in [4.78, 5) is 40.3. The fourth-order valence-corrected chi connectivity index (χ4v) is 0.585. The highest BCUT2D eigenvalue weighted by Crippen LogP contribution is 1.85. The van der Waals surface area contributed by atoms with Gasteiger partial charge in [0.15, 0.2) is 0 Å². The normalized spacial score (nSPS) is 8.36. The number of aliphatic hydroxyl groups excluding tert-OH is 2. The van der Waals surface area contributed by atoms with E-state index in [1.807, 2.05) is 0 Å². The second-order valence-electron chi connectivity index (χ2n) is 3.45. The van der Waals surface area contributed by atoms with Gasteiger partial charge in [-0.15, -0.1) is 0 Å². The van der Waals surface area contributed by atoms with Gasteiger partial charge in [-0.1, -0.05) is 0 Å². The van der Waals surface area contributed by atoms with Crippen LogP contribution >= 0.6 is 0 Å². The van der Waals surface area contributed by atoms with Gasteiger partial charge in [0.05, 0.1) is 13.2 Å². The zero-order valence-corrected chi connectivity index (χ0v) is 11.8. The molecule has 0 saturated heterocycles. The minimum atomic E-state index is -0.603. The first-order valence-electron chi connectivity index (χ1n) is 5.89. The molecule has 0 saturated carbocycles. The molecule has 0 radical (unpaired) electrons. The van der Waals surface area contributed by atoms with Crippen molar-refractivity contribution in [1.82, 2.24) is 11.0 Å². The zero-order chi connectivity index (χ0) is 18.0. The predicted octanol–water partition coefficient (Wildman–Crippen LogP) is -3.51. The van der Waals surface area contributed by atoms with E-state index < -0.39 is 23.6 Å². The lowest BCUT2D eigenvalue weighted by Gasteiger charge is -1.92. The highest BCUT2D eigenvalue weighted by Gasteiger charge is 2.01. The maximum absolute atomic E-state index is 10.1. The first kappa shape index (κ1) is 24.7.